The fourth-order valence-electron chi connectivity index (χ4n) is 3.93. The standard InChI is InChI=1S/C26H28N6O/c1-3-5-9-17-30-19-23(10-6-4-2)31(26(30)33)18-21-13-15-22(16-14-21)24-11-7-8-12-25(24)32-20-27-28-29-32/h7-8,11-16,19-20H,3,5,9-10,17-18H2,1-2H3. The van der Waals surface area contributed by atoms with Crippen LogP contribution in [0, 0.1) is 11.8 Å². The molecule has 4 rings (SSSR count). The number of aromatic nitrogens is 6. The second-order valence-electron chi connectivity index (χ2n) is 7.96. The molecule has 168 valence electrons. The second-order valence-corrected chi connectivity index (χ2v) is 7.96. The largest absolute Gasteiger partial charge is 0.328 e. The van der Waals surface area contributed by atoms with Gasteiger partial charge in [-0.3, -0.25) is 9.13 Å². The van der Waals surface area contributed by atoms with Crippen LogP contribution in [0.2, 0.25) is 0 Å². The summed E-state index contributed by atoms with van der Waals surface area (Å²) in [6.07, 6.45) is 7.39. The Hall–Kier alpha value is -3.92. The minimum atomic E-state index is 0.0344. The van der Waals surface area contributed by atoms with Crippen molar-refractivity contribution >= 4 is 0 Å². The highest BCUT2D eigenvalue weighted by atomic mass is 16.1. The lowest BCUT2D eigenvalue weighted by Crippen LogP contribution is -2.25. The summed E-state index contributed by atoms with van der Waals surface area (Å²) >= 11 is 0. The molecule has 7 nitrogen and oxygen atoms in total. The summed E-state index contributed by atoms with van der Waals surface area (Å²) < 4.78 is 5.34. The first-order valence-electron chi connectivity index (χ1n) is 11.3. The van der Waals surface area contributed by atoms with Crippen LogP contribution in [-0.2, 0) is 19.5 Å². The lowest BCUT2D eigenvalue weighted by Gasteiger charge is -2.10. The predicted octanol–water partition coefficient (Wildman–Crippen LogP) is 4.10. The minimum Gasteiger partial charge on any atom is -0.299 e. The third-order valence-electron chi connectivity index (χ3n) is 5.68. The first kappa shape index (κ1) is 22.3. The van der Waals surface area contributed by atoms with Gasteiger partial charge in [-0.1, -0.05) is 68.2 Å². The maximum absolute atomic E-state index is 13.1. The fourth-order valence-corrected chi connectivity index (χ4v) is 3.93. The van der Waals surface area contributed by atoms with Crippen molar-refractivity contribution in [3.63, 3.8) is 0 Å². The Kier molecular flexibility index (Phi) is 7.16. The van der Waals surface area contributed by atoms with Crippen molar-refractivity contribution in [2.75, 3.05) is 0 Å². The molecule has 0 unspecified atom stereocenters. The number of rotatable bonds is 9. The van der Waals surface area contributed by atoms with E-state index in [0.717, 1.165) is 53.9 Å². The number of tetrazole rings is 1. The fraction of sp³-hybridized carbons (Fsp3) is 0.308. The van der Waals surface area contributed by atoms with Crippen molar-refractivity contribution in [3.8, 4) is 28.7 Å². The molecule has 2 aromatic heterocycles. The number of imidazole rings is 1. The molecule has 4 aromatic rings. The van der Waals surface area contributed by atoms with Crippen LogP contribution in [0.25, 0.3) is 16.8 Å². The van der Waals surface area contributed by atoms with E-state index in [2.05, 4.69) is 64.6 Å². The molecular formula is C26H28N6O. The number of para-hydroxylation sites is 1. The van der Waals surface area contributed by atoms with Crippen molar-refractivity contribution in [2.45, 2.75) is 52.6 Å². The quantitative estimate of drug-likeness (QED) is 0.290. The Morgan fingerprint density at radius 2 is 1.85 bits per heavy atom. The van der Waals surface area contributed by atoms with Gasteiger partial charge in [0.1, 0.15) is 6.33 Å². The maximum Gasteiger partial charge on any atom is 0.328 e. The second kappa shape index (κ2) is 10.6. The lowest BCUT2D eigenvalue weighted by atomic mass is 10.0. The van der Waals surface area contributed by atoms with Gasteiger partial charge >= 0.3 is 5.69 Å². The summed E-state index contributed by atoms with van der Waals surface area (Å²) in [5.74, 6) is 6.05. The average molecular weight is 441 g/mol. The number of nitrogens with zero attached hydrogens (tertiary/aromatic N) is 6. The van der Waals surface area contributed by atoms with Crippen LogP contribution in [0.4, 0.5) is 0 Å². The molecule has 0 aliphatic heterocycles. The van der Waals surface area contributed by atoms with E-state index in [1.54, 1.807) is 11.0 Å². The Morgan fingerprint density at radius 1 is 1.03 bits per heavy atom. The molecule has 7 heteroatoms. The molecule has 0 fully saturated rings. The topological polar surface area (TPSA) is 70.5 Å². The maximum atomic E-state index is 13.1. The van der Waals surface area contributed by atoms with Gasteiger partial charge in [-0.15, -0.1) is 11.0 Å². The molecule has 0 aliphatic carbocycles. The molecule has 0 N–H and O–H groups in total. The van der Waals surface area contributed by atoms with Gasteiger partial charge in [-0.2, -0.15) is 4.68 Å². The van der Waals surface area contributed by atoms with Gasteiger partial charge in [0, 0.05) is 18.3 Å². The van der Waals surface area contributed by atoms with E-state index >= 15 is 0 Å². The summed E-state index contributed by atoms with van der Waals surface area (Å²) in [7, 11) is 0. The van der Waals surface area contributed by atoms with Gasteiger partial charge in [0.15, 0.2) is 0 Å². The van der Waals surface area contributed by atoms with Crippen LogP contribution in [0.5, 0.6) is 0 Å². The van der Waals surface area contributed by atoms with Crippen molar-refractivity contribution < 1.29 is 0 Å². The van der Waals surface area contributed by atoms with E-state index in [9.17, 15) is 4.79 Å². The molecule has 33 heavy (non-hydrogen) atoms. The van der Waals surface area contributed by atoms with E-state index in [1.165, 1.54) is 0 Å². The third-order valence-corrected chi connectivity index (χ3v) is 5.68. The molecule has 2 heterocycles. The first-order valence-corrected chi connectivity index (χ1v) is 11.3. The zero-order chi connectivity index (χ0) is 23.0. The van der Waals surface area contributed by atoms with E-state index in [-0.39, 0.29) is 5.69 Å². The number of unbranched alkanes of at least 4 members (excludes halogenated alkanes) is 2. The van der Waals surface area contributed by atoms with Crippen LogP contribution in [0.1, 0.15) is 44.4 Å². The van der Waals surface area contributed by atoms with Gasteiger partial charge in [-0.25, -0.2) is 4.79 Å². The molecule has 0 aliphatic rings. The highest BCUT2D eigenvalue weighted by Gasteiger charge is 2.12. The summed E-state index contributed by atoms with van der Waals surface area (Å²) in [5, 5.41) is 11.5. The van der Waals surface area contributed by atoms with Gasteiger partial charge in [-0.05, 0) is 41.0 Å². The van der Waals surface area contributed by atoms with Crippen molar-refractivity contribution in [3.05, 3.63) is 82.8 Å². The van der Waals surface area contributed by atoms with Crippen LogP contribution < -0.4 is 5.69 Å². The summed E-state index contributed by atoms with van der Waals surface area (Å²) in [5.41, 5.74) is 5.07. The highest BCUT2D eigenvalue weighted by molar-refractivity contribution is 5.72. The molecular weight excluding hydrogens is 412 g/mol. The minimum absolute atomic E-state index is 0.0344. The van der Waals surface area contributed by atoms with Crippen LogP contribution in [-0.4, -0.2) is 29.3 Å². The summed E-state index contributed by atoms with van der Waals surface area (Å²) in [6, 6.07) is 16.3. The third kappa shape index (κ3) is 5.12. The van der Waals surface area contributed by atoms with E-state index in [4.69, 9.17) is 0 Å². The number of hydrogen-bond acceptors (Lipinski definition) is 4. The smallest absolute Gasteiger partial charge is 0.299 e. The monoisotopic (exact) mass is 440 g/mol. The van der Waals surface area contributed by atoms with Crippen LogP contribution >= 0.6 is 0 Å². The Morgan fingerprint density at radius 3 is 2.58 bits per heavy atom. The lowest BCUT2D eigenvalue weighted by molar-refractivity contribution is 0.573. The molecule has 0 radical (unpaired) electrons. The predicted molar refractivity (Wildman–Crippen MR) is 129 cm³/mol. The van der Waals surface area contributed by atoms with E-state index in [0.29, 0.717) is 13.0 Å². The normalized spacial score (nSPS) is 10.7. The summed E-state index contributed by atoms with van der Waals surface area (Å²) in [6.45, 7) is 5.27. The Balaban J connectivity index is 1.60. The molecule has 0 saturated heterocycles. The van der Waals surface area contributed by atoms with Gasteiger partial charge < -0.3 is 0 Å². The van der Waals surface area contributed by atoms with Crippen molar-refractivity contribution in [1.82, 2.24) is 29.3 Å². The Bertz CT molecular complexity index is 1300. The average Bonchev–Trinajstić information content (AvgIpc) is 3.48. The molecule has 0 bridgehead atoms. The van der Waals surface area contributed by atoms with Crippen LogP contribution in [0.3, 0.4) is 0 Å². The van der Waals surface area contributed by atoms with Gasteiger partial charge in [0.25, 0.3) is 0 Å². The van der Waals surface area contributed by atoms with E-state index in [1.807, 2.05) is 40.5 Å². The zero-order valence-corrected chi connectivity index (χ0v) is 19.1. The molecule has 0 saturated carbocycles. The highest BCUT2D eigenvalue weighted by Crippen LogP contribution is 2.26. The zero-order valence-electron chi connectivity index (χ0n) is 19.1. The molecule has 0 atom stereocenters. The van der Waals surface area contributed by atoms with Gasteiger partial charge in [0.05, 0.1) is 24.3 Å². The van der Waals surface area contributed by atoms with E-state index < -0.39 is 0 Å². The number of hydrogen-bond donors (Lipinski definition) is 0. The van der Waals surface area contributed by atoms with Crippen LogP contribution in [0.15, 0.2) is 65.8 Å². The van der Waals surface area contributed by atoms with Crippen molar-refractivity contribution in [1.29, 1.82) is 0 Å². The molecule has 2 aromatic carbocycles. The summed E-state index contributed by atoms with van der Waals surface area (Å²) in [4.78, 5) is 13.1. The number of benzene rings is 2. The van der Waals surface area contributed by atoms with Crippen molar-refractivity contribution in [2.24, 2.45) is 0 Å². The molecule has 0 amide bonds. The SMILES string of the molecule is CC#CCc1cn(CCCCC)c(=O)n1Cc1ccc(-c2ccccc2-n2cnnn2)cc1. The number of aryl methyl sites for hydroxylation is 1. The Labute approximate surface area is 193 Å². The van der Waals surface area contributed by atoms with Gasteiger partial charge in [0.2, 0.25) is 0 Å². The molecule has 0 spiro atoms. The first-order chi connectivity index (χ1) is 16.2.